The average molecular weight is 354 g/mol. The number of nitrogens with zero attached hydrogens (tertiary/aromatic N) is 2. The molecule has 1 heterocycles. The molecule has 7 heteroatoms. The Labute approximate surface area is 122 Å². The fourth-order valence-corrected chi connectivity index (χ4v) is 3.81. The summed E-state index contributed by atoms with van der Waals surface area (Å²) in [5.41, 5.74) is 0.687. The first-order valence-electron chi connectivity index (χ1n) is 5.56. The van der Waals surface area contributed by atoms with Gasteiger partial charge in [-0.2, -0.15) is 0 Å². The van der Waals surface area contributed by atoms with Crippen molar-refractivity contribution in [2.45, 2.75) is 4.90 Å². The van der Waals surface area contributed by atoms with E-state index >= 15 is 0 Å². The molecule has 0 saturated carbocycles. The number of likely N-dealkylation sites (N-methyl/N-ethyl adjacent to an activating group) is 1. The summed E-state index contributed by atoms with van der Waals surface area (Å²) in [5, 5.41) is 0.281. The van der Waals surface area contributed by atoms with Crippen LogP contribution in [-0.4, -0.2) is 46.5 Å². The minimum absolute atomic E-state index is 0.214. The van der Waals surface area contributed by atoms with E-state index in [1.807, 2.05) is 0 Å². The minimum Gasteiger partial charge on any atom is -0.367 e. The molecule has 1 aromatic rings. The van der Waals surface area contributed by atoms with Gasteiger partial charge in [-0.05, 0) is 35.1 Å². The van der Waals surface area contributed by atoms with Crippen LogP contribution in [0.2, 0.25) is 5.02 Å². The molecule has 1 saturated heterocycles. The Hall–Kier alpha value is -0.300. The molecule has 0 bridgehead atoms. The fraction of sp³-hybridized carbons (Fsp3) is 0.455. The standard InChI is InChI=1S/C11H14BrClN2O2S/c1-14-4-6-15(7-5-14)10-8(12)2-3-9(13)11(10)18(16)17/h2-3,18H,4-7H2,1H3. The summed E-state index contributed by atoms with van der Waals surface area (Å²) < 4.78 is 23.6. The highest BCUT2D eigenvalue weighted by Gasteiger charge is 2.22. The predicted octanol–water partition coefficient (Wildman–Crippen LogP) is 1.82. The lowest BCUT2D eigenvalue weighted by Gasteiger charge is -2.35. The maximum atomic E-state index is 11.4. The van der Waals surface area contributed by atoms with Crippen molar-refractivity contribution >= 4 is 43.9 Å². The minimum atomic E-state index is -2.71. The number of hydrogen-bond acceptors (Lipinski definition) is 4. The molecule has 1 aliphatic heterocycles. The van der Waals surface area contributed by atoms with Crippen LogP contribution in [0.3, 0.4) is 0 Å². The highest BCUT2D eigenvalue weighted by Crippen LogP contribution is 2.36. The molecule has 0 aromatic heterocycles. The quantitative estimate of drug-likeness (QED) is 0.824. The predicted molar refractivity (Wildman–Crippen MR) is 77.4 cm³/mol. The van der Waals surface area contributed by atoms with Crippen LogP contribution in [0.4, 0.5) is 5.69 Å². The zero-order valence-corrected chi connectivity index (χ0v) is 13.1. The Balaban J connectivity index is 2.46. The number of benzene rings is 1. The second-order valence-corrected chi connectivity index (χ2v) is 6.50. The second kappa shape index (κ2) is 5.77. The van der Waals surface area contributed by atoms with Gasteiger partial charge in [-0.25, -0.2) is 8.42 Å². The number of halogens is 2. The van der Waals surface area contributed by atoms with Crippen LogP contribution in [0.15, 0.2) is 21.5 Å². The monoisotopic (exact) mass is 352 g/mol. The van der Waals surface area contributed by atoms with E-state index in [-0.39, 0.29) is 9.92 Å². The highest BCUT2D eigenvalue weighted by atomic mass is 79.9. The first-order valence-corrected chi connectivity index (χ1v) is 7.91. The molecule has 100 valence electrons. The zero-order chi connectivity index (χ0) is 13.3. The van der Waals surface area contributed by atoms with Gasteiger partial charge in [0.25, 0.3) is 0 Å². The fourth-order valence-electron chi connectivity index (χ4n) is 2.03. The molecule has 18 heavy (non-hydrogen) atoms. The highest BCUT2D eigenvalue weighted by molar-refractivity contribution is 9.10. The van der Waals surface area contributed by atoms with Crippen molar-refractivity contribution in [1.29, 1.82) is 0 Å². The van der Waals surface area contributed by atoms with Gasteiger partial charge in [-0.15, -0.1) is 0 Å². The summed E-state index contributed by atoms with van der Waals surface area (Å²) in [5.74, 6) is 0. The van der Waals surface area contributed by atoms with Crippen LogP contribution >= 0.6 is 27.5 Å². The molecule has 0 spiro atoms. The SMILES string of the molecule is CN1CCN(c2c(Br)ccc(Cl)c2[SH](=O)=O)CC1. The number of anilines is 1. The summed E-state index contributed by atoms with van der Waals surface area (Å²) in [6.45, 7) is 3.42. The molecule has 0 atom stereocenters. The number of piperazine rings is 1. The largest absolute Gasteiger partial charge is 0.367 e. The van der Waals surface area contributed by atoms with Crippen molar-refractivity contribution in [3.8, 4) is 0 Å². The molecule has 0 unspecified atom stereocenters. The van der Waals surface area contributed by atoms with Crippen molar-refractivity contribution in [2.24, 2.45) is 0 Å². The second-order valence-electron chi connectivity index (χ2n) is 4.27. The van der Waals surface area contributed by atoms with Crippen LogP contribution in [0.5, 0.6) is 0 Å². The lowest BCUT2D eigenvalue weighted by molar-refractivity contribution is 0.312. The van der Waals surface area contributed by atoms with Crippen LogP contribution in [0, 0.1) is 0 Å². The third kappa shape index (κ3) is 2.82. The third-order valence-electron chi connectivity index (χ3n) is 3.05. The lowest BCUT2D eigenvalue weighted by atomic mass is 10.2. The molecule has 1 aliphatic rings. The maximum absolute atomic E-state index is 11.4. The zero-order valence-electron chi connectivity index (χ0n) is 9.90. The number of hydrogen-bond donors (Lipinski definition) is 1. The average Bonchev–Trinajstić information content (AvgIpc) is 2.32. The van der Waals surface area contributed by atoms with Crippen molar-refractivity contribution in [3.05, 3.63) is 21.6 Å². The van der Waals surface area contributed by atoms with Crippen molar-refractivity contribution in [2.75, 3.05) is 38.1 Å². The van der Waals surface area contributed by atoms with Crippen LogP contribution in [-0.2, 0) is 10.7 Å². The van der Waals surface area contributed by atoms with Gasteiger partial charge in [0.05, 0.1) is 10.7 Å². The number of rotatable bonds is 2. The van der Waals surface area contributed by atoms with Gasteiger partial charge in [0, 0.05) is 30.7 Å². The summed E-state index contributed by atoms with van der Waals surface area (Å²) in [7, 11) is -0.652. The normalized spacial score (nSPS) is 17.4. The molecular formula is C11H14BrClN2O2S. The van der Waals surface area contributed by atoms with E-state index in [9.17, 15) is 8.42 Å². The van der Waals surface area contributed by atoms with E-state index in [1.165, 1.54) is 0 Å². The first kappa shape index (κ1) is 14.1. The molecule has 0 amide bonds. The van der Waals surface area contributed by atoms with Gasteiger partial charge >= 0.3 is 0 Å². The summed E-state index contributed by atoms with van der Waals surface area (Å²) in [4.78, 5) is 4.49. The van der Waals surface area contributed by atoms with E-state index in [0.29, 0.717) is 5.69 Å². The topological polar surface area (TPSA) is 40.6 Å². The number of thiol groups is 1. The van der Waals surface area contributed by atoms with Crippen molar-refractivity contribution in [1.82, 2.24) is 4.90 Å². The van der Waals surface area contributed by atoms with Crippen LogP contribution < -0.4 is 4.90 Å². The molecule has 1 fully saturated rings. The Kier molecular flexibility index (Phi) is 4.53. The summed E-state index contributed by atoms with van der Waals surface area (Å²) in [6, 6.07) is 3.39. The van der Waals surface area contributed by atoms with Gasteiger partial charge in [-0.3, -0.25) is 0 Å². The van der Waals surface area contributed by atoms with Crippen LogP contribution in [0.1, 0.15) is 0 Å². The lowest BCUT2D eigenvalue weighted by Crippen LogP contribution is -2.44. The van der Waals surface area contributed by atoms with Crippen molar-refractivity contribution in [3.63, 3.8) is 0 Å². The third-order valence-corrected chi connectivity index (χ3v) is 4.96. The Morgan fingerprint density at radius 3 is 2.39 bits per heavy atom. The Morgan fingerprint density at radius 2 is 1.83 bits per heavy atom. The van der Waals surface area contributed by atoms with Gasteiger partial charge < -0.3 is 9.80 Å². The van der Waals surface area contributed by atoms with Crippen LogP contribution in [0.25, 0.3) is 0 Å². The summed E-state index contributed by atoms with van der Waals surface area (Å²) in [6.07, 6.45) is 0. The van der Waals surface area contributed by atoms with E-state index in [4.69, 9.17) is 11.6 Å². The van der Waals surface area contributed by atoms with Crippen molar-refractivity contribution < 1.29 is 8.42 Å². The van der Waals surface area contributed by atoms with E-state index in [1.54, 1.807) is 12.1 Å². The Bertz CT molecular complexity index is 520. The van der Waals surface area contributed by atoms with E-state index in [0.717, 1.165) is 30.7 Å². The molecule has 0 aliphatic carbocycles. The maximum Gasteiger partial charge on any atom is 0.171 e. The molecule has 4 nitrogen and oxygen atoms in total. The Morgan fingerprint density at radius 1 is 1.22 bits per heavy atom. The van der Waals surface area contributed by atoms with Gasteiger partial charge in [0.15, 0.2) is 10.7 Å². The first-order chi connectivity index (χ1) is 8.50. The summed E-state index contributed by atoms with van der Waals surface area (Å²) >= 11 is 9.42. The van der Waals surface area contributed by atoms with Gasteiger partial charge in [0.1, 0.15) is 4.90 Å². The van der Waals surface area contributed by atoms with E-state index < -0.39 is 10.7 Å². The molecule has 1 aromatic carbocycles. The van der Waals surface area contributed by atoms with Gasteiger partial charge in [-0.1, -0.05) is 11.6 Å². The molecule has 2 rings (SSSR count). The van der Waals surface area contributed by atoms with E-state index in [2.05, 4.69) is 32.8 Å². The van der Waals surface area contributed by atoms with Gasteiger partial charge in [0.2, 0.25) is 0 Å². The molecule has 0 radical (unpaired) electrons. The smallest absolute Gasteiger partial charge is 0.171 e. The molecular weight excluding hydrogens is 340 g/mol. The molecule has 0 N–H and O–H groups in total.